The van der Waals surface area contributed by atoms with Crippen LogP contribution in [0.1, 0.15) is 42.2 Å². The van der Waals surface area contributed by atoms with Gasteiger partial charge in [-0.2, -0.15) is 0 Å². The molecule has 1 aromatic heterocycles. The molecule has 0 bridgehead atoms. The van der Waals surface area contributed by atoms with Gasteiger partial charge < -0.3 is 9.88 Å². The Hall–Kier alpha value is -2.88. The monoisotopic (exact) mass is 364 g/mol. The van der Waals surface area contributed by atoms with E-state index in [1.54, 1.807) is 18.2 Å². The number of hydrogen-bond donors (Lipinski definition) is 1. The molecule has 1 N–H and O–H groups in total. The molecule has 3 aromatic rings. The van der Waals surface area contributed by atoms with Crippen molar-refractivity contribution < 1.29 is 9.18 Å². The maximum atomic E-state index is 14.5. The van der Waals surface area contributed by atoms with Crippen LogP contribution >= 0.6 is 0 Å². The summed E-state index contributed by atoms with van der Waals surface area (Å²) < 4.78 is 16.4. The molecule has 1 amide bonds. The first-order valence-corrected chi connectivity index (χ1v) is 9.44. The molecule has 0 aliphatic rings. The zero-order chi connectivity index (χ0) is 19.2. The standard InChI is InChI=1S/C23H25FN2O/c1-3-4-10-15-25-23(27)19-16-22(18-11-6-5-7-12-18)26(17(19)2)21-14-9-8-13-20(21)24/h5-9,11-14,16H,3-4,10,15H2,1-2H3,(H,25,27). The molecule has 0 spiro atoms. The number of nitrogens with zero attached hydrogens (tertiary/aromatic N) is 1. The van der Waals surface area contributed by atoms with E-state index >= 15 is 0 Å². The van der Waals surface area contributed by atoms with E-state index in [1.165, 1.54) is 6.07 Å². The maximum Gasteiger partial charge on any atom is 0.253 e. The van der Waals surface area contributed by atoms with Gasteiger partial charge in [-0.3, -0.25) is 4.79 Å². The van der Waals surface area contributed by atoms with E-state index in [4.69, 9.17) is 0 Å². The summed E-state index contributed by atoms with van der Waals surface area (Å²) in [5.41, 5.74) is 3.49. The van der Waals surface area contributed by atoms with Crippen molar-refractivity contribution in [1.82, 2.24) is 9.88 Å². The number of rotatable bonds is 7. The van der Waals surface area contributed by atoms with Gasteiger partial charge in [0.25, 0.3) is 5.91 Å². The Morgan fingerprint density at radius 2 is 1.74 bits per heavy atom. The molecule has 3 rings (SSSR count). The Labute approximate surface area is 159 Å². The predicted octanol–water partition coefficient (Wildman–Crippen LogP) is 5.51. The van der Waals surface area contributed by atoms with E-state index in [0.717, 1.165) is 36.2 Å². The van der Waals surface area contributed by atoms with Crippen molar-refractivity contribution in [2.75, 3.05) is 6.54 Å². The molecule has 140 valence electrons. The van der Waals surface area contributed by atoms with Crippen LogP contribution in [0.25, 0.3) is 16.9 Å². The van der Waals surface area contributed by atoms with Crippen LogP contribution in [0.4, 0.5) is 4.39 Å². The van der Waals surface area contributed by atoms with E-state index in [-0.39, 0.29) is 11.7 Å². The van der Waals surface area contributed by atoms with Gasteiger partial charge in [-0.15, -0.1) is 0 Å². The van der Waals surface area contributed by atoms with E-state index in [1.807, 2.05) is 47.9 Å². The summed E-state index contributed by atoms with van der Waals surface area (Å²) in [6.45, 7) is 4.64. The van der Waals surface area contributed by atoms with Crippen molar-refractivity contribution in [1.29, 1.82) is 0 Å². The molecule has 0 aliphatic heterocycles. The van der Waals surface area contributed by atoms with Gasteiger partial charge >= 0.3 is 0 Å². The Bertz CT molecular complexity index is 915. The van der Waals surface area contributed by atoms with E-state index < -0.39 is 0 Å². The fourth-order valence-corrected chi connectivity index (χ4v) is 3.27. The number of unbranched alkanes of at least 4 members (excludes halogenated alkanes) is 2. The van der Waals surface area contributed by atoms with E-state index in [0.29, 0.717) is 17.8 Å². The summed E-state index contributed by atoms with van der Waals surface area (Å²) in [6.07, 6.45) is 3.16. The SMILES string of the molecule is CCCCCNC(=O)c1cc(-c2ccccc2)n(-c2ccccc2F)c1C. The minimum Gasteiger partial charge on any atom is -0.352 e. The fourth-order valence-electron chi connectivity index (χ4n) is 3.27. The van der Waals surface area contributed by atoms with Crippen molar-refractivity contribution in [3.8, 4) is 16.9 Å². The summed E-state index contributed by atoms with van der Waals surface area (Å²) in [4.78, 5) is 12.7. The van der Waals surface area contributed by atoms with Crippen molar-refractivity contribution in [3.63, 3.8) is 0 Å². The lowest BCUT2D eigenvalue weighted by molar-refractivity contribution is 0.0952. The number of carbonyl (C=O) groups excluding carboxylic acids is 1. The number of benzene rings is 2. The molecular weight excluding hydrogens is 339 g/mol. The van der Waals surface area contributed by atoms with Gasteiger partial charge in [0.05, 0.1) is 16.9 Å². The van der Waals surface area contributed by atoms with Gasteiger partial charge in [-0.1, -0.05) is 62.2 Å². The number of carbonyl (C=O) groups is 1. The molecular formula is C23H25FN2O. The summed E-state index contributed by atoms with van der Waals surface area (Å²) in [5.74, 6) is -0.431. The molecule has 0 fully saturated rings. The highest BCUT2D eigenvalue weighted by Gasteiger charge is 2.20. The molecule has 3 nitrogen and oxygen atoms in total. The zero-order valence-electron chi connectivity index (χ0n) is 15.8. The van der Waals surface area contributed by atoms with Crippen LogP contribution in [0.5, 0.6) is 0 Å². The average molecular weight is 364 g/mol. The third-order valence-electron chi connectivity index (χ3n) is 4.72. The first-order valence-electron chi connectivity index (χ1n) is 9.44. The summed E-state index contributed by atoms with van der Waals surface area (Å²) in [5, 5.41) is 2.99. The molecule has 0 saturated heterocycles. The van der Waals surface area contributed by atoms with Crippen molar-refractivity contribution in [3.05, 3.63) is 77.7 Å². The van der Waals surface area contributed by atoms with Crippen molar-refractivity contribution in [2.45, 2.75) is 33.1 Å². The van der Waals surface area contributed by atoms with Crippen LogP contribution in [-0.4, -0.2) is 17.0 Å². The van der Waals surface area contributed by atoms with E-state index in [9.17, 15) is 9.18 Å². The van der Waals surface area contributed by atoms with Gasteiger partial charge in [0.1, 0.15) is 5.82 Å². The zero-order valence-corrected chi connectivity index (χ0v) is 15.8. The molecule has 27 heavy (non-hydrogen) atoms. The Balaban J connectivity index is 2.05. The smallest absolute Gasteiger partial charge is 0.253 e. The van der Waals surface area contributed by atoms with Crippen LogP contribution in [-0.2, 0) is 0 Å². The quantitative estimate of drug-likeness (QED) is 0.551. The van der Waals surface area contributed by atoms with Gasteiger partial charge in [0.15, 0.2) is 0 Å². The molecule has 0 atom stereocenters. The minimum atomic E-state index is -0.316. The van der Waals surface area contributed by atoms with Gasteiger partial charge in [-0.25, -0.2) is 4.39 Å². The topological polar surface area (TPSA) is 34.0 Å². The van der Waals surface area contributed by atoms with Crippen LogP contribution in [0.3, 0.4) is 0 Å². The highest BCUT2D eigenvalue weighted by atomic mass is 19.1. The Kier molecular flexibility index (Phi) is 6.07. The lowest BCUT2D eigenvalue weighted by atomic mass is 10.1. The summed E-state index contributed by atoms with van der Waals surface area (Å²) in [6, 6.07) is 18.2. The number of aromatic nitrogens is 1. The van der Waals surface area contributed by atoms with Crippen LogP contribution in [0.2, 0.25) is 0 Å². The third kappa shape index (κ3) is 4.11. The van der Waals surface area contributed by atoms with Crippen LogP contribution < -0.4 is 5.32 Å². The van der Waals surface area contributed by atoms with Crippen molar-refractivity contribution >= 4 is 5.91 Å². The number of halogens is 1. The normalized spacial score (nSPS) is 10.8. The molecule has 1 heterocycles. The predicted molar refractivity (Wildman–Crippen MR) is 108 cm³/mol. The molecule has 4 heteroatoms. The second-order valence-electron chi connectivity index (χ2n) is 6.64. The molecule has 0 radical (unpaired) electrons. The van der Waals surface area contributed by atoms with Gasteiger partial charge in [0.2, 0.25) is 0 Å². The van der Waals surface area contributed by atoms with E-state index in [2.05, 4.69) is 12.2 Å². The summed E-state index contributed by atoms with van der Waals surface area (Å²) >= 11 is 0. The highest BCUT2D eigenvalue weighted by Crippen LogP contribution is 2.30. The largest absolute Gasteiger partial charge is 0.352 e. The first-order chi connectivity index (χ1) is 13.1. The minimum absolute atomic E-state index is 0.115. The Morgan fingerprint density at radius 1 is 1.04 bits per heavy atom. The second-order valence-corrected chi connectivity index (χ2v) is 6.64. The first kappa shape index (κ1) is 18.9. The second kappa shape index (κ2) is 8.67. The number of para-hydroxylation sites is 1. The molecule has 2 aromatic carbocycles. The van der Waals surface area contributed by atoms with Crippen LogP contribution in [0, 0.1) is 12.7 Å². The number of nitrogens with one attached hydrogen (secondary N) is 1. The Morgan fingerprint density at radius 3 is 2.44 bits per heavy atom. The summed E-state index contributed by atoms with van der Waals surface area (Å²) in [7, 11) is 0. The number of hydrogen-bond acceptors (Lipinski definition) is 1. The third-order valence-corrected chi connectivity index (χ3v) is 4.72. The number of amides is 1. The highest BCUT2D eigenvalue weighted by molar-refractivity contribution is 5.97. The molecule has 0 unspecified atom stereocenters. The van der Waals surface area contributed by atoms with Crippen LogP contribution in [0.15, 0.2) is 60.7 Å². The molecule has 0 aliphatic carbocycles. The lowest BCUT2D eigenvalue weighted by Gasteiger charge is -2.13. The maximum absolute atomic E-state index is 14.5. The van der Waals surface area contributed by atoms with Crippen molar-refractivity contribution in [2.24, 2.45) is 0 Å². The lowest BCUT2D eigenvalue weighted by Crippen LogP contribution is -2.24. The van der Waals surface area contributed by atoms with Gasteiger partial charge in [-0.05, 0) is 37.1 Å². The van der Waals surface area contributed by atoms with Gasteiger partial charge in [0, 0.05) is 12.2 Å². The average Bonchev–Trinajstić information content (AvgIpc) is 3.03. The molecule has 0 saturated carbocycles. The fraction of sp³-hybridized carbons (Fsp3) is 0.261.